The average Bonchev–Trinajstić information content (AvgIpc) is 2.61. The van der Waals surface area contributed by atoms with Crippen molar-refractivity contribution in [3.05, 3.63) is 97.1 Å². The number of benzene rings is 3. The Bertz CT molecular complexity index is 745. The molecule has 0 unspecified atom stereocenters. The summed E-state index contributed by atoms with van der Waals surface area (Å²) in [6.07, 6.45) is 0. The molecule has 0 fully saturated rings. The number of para-hydroxylation sites is 1. The highest BCUT2D eigenvalue weighted by molar-refractivity contribution is 5.79. The molecule has 0 radical (unpaired) electrons. The third kappa shape index (κ3) is 3.26. The van der Waals surface area contributed by atoms with Gasteiger partial charge in [-0.2, -0.15) is 0 Å². The van der Waals surface area contributed by atoms with E-state index in [0.29, 0.717) is 0 Å². The van der Waals surface area contributed by atoms with Crippen molar-refractivity contribution in [3.8, 4) is 11.1 Å². The van der Waals surface area contributed by atoms with Gasteiger partial charge in [0.15, 0.2) is 0 Å². The van der Waals surface area contributed by atoms with Crippen LogP contribution in [0.4, 0.5) is 5.69 Å². The lowest BCUT2D eigenvalue weighted by atomic mass is 10.0. The molecule has 3 aromatic carbocycles. The Morgan fingerprint density at radius 2 is 1.32 bits per heavy atom. The monoisotopic (exact) mass is 285 g/mol. The molecule has 3 rings (SSSR count). The molecule has 0 aliphatic heterocycles. The smallest absolute Gasteiger partial charge is 0.0422 e. The summed E-state index contributed by atoms with van der Waals surface area (Å²) in [6.45, 7) is 4.91. The molecule has 1 nitrogen and oxygen atoms in total. The number of anilines is 1. The quantitative estimate of drug-likeness (QED) is 0.654. The van der Waals surface area contributed by atoms with Gasteiger partial charge in [-0.1, -0.05) is 85.4 Å². The van der Waals surface area contributed by atoms with E-state index >= 15 is 0 Å². The lowest BCUT2D eigenvalue weighted by Gasteiger charge is -2.13. The standard InChI is InChI=1S/C21H19N/c1-17(18-10-4-2-5-11-18)16-22-21-15-9-8-14-20(21)19-12-6-3-7-13-19/h2-15,22H,1,16H2. The second-order valence-corrected chi connectivity index (χ2v) is 5.23. The van der Waals surface area contributed by atoms with E-state index in [-0.39, 0.29) is 0 Å². The molecule has 0 amide bonds. The van der Waals surface area contributed by atoms with Crippen LogP contribution in [0.3, 0.4) is 0 Å². The van der Waals surface area contributed by atoms with Gasteiger partial charge in [0.1, 0.15) is 0 Å². The van der Waals surface area contributed by atoms with Crippen LogP contribution in [0.2, 0.25) is 0 Å². The number of nitrogens with one attached hydrogen (secondary N) is 1. The van der Waals surface area contributed by atoms with Crippen molar-refractivity contribution in [2.75, 3.05) is 11.9 Å². The topological polar surface area (TPSA) is 12.0 Å². The first-order valence-corrected chi connectivity index (χ1v) is 7.46. The van der Waals surface area contributed by atoms with Crippen LogP contribution in [0, 0.1) is 0 Å². The molecule has 0 bridgehead atoms. The first-order valence-electron chi connectivity index (χ1n) is 7.46. The zero-order valence-electron chi connectivity index (χ0n) is 12.5. The largest absolute Gasteiger partial charge is 0.380 e. The van der Waals surface area contributed by atoms with Gasteiger partial charge in [-0.15, -0.1) is 0 Å². The van der Waals surface area contributed by atoms with Crippen molar-refractivity contribution in [1.29, 1.82) is 0 Å². The number of hydrogen-bond donors (Lipinski definition) is 1. The SMILES string of the molecule is C=C(CNc1ccccc1-c1ccccc1)c1ccccc1. The Labute approximate surface area is 132 Å². The fraction of sp³-hybridized carbons (Fsp3) is 0.0476. The highest BCUT2D eigenvalue weighted by Gasteiger charge is 2.04. The van der Waals surface area contributed by atoms with Crippen LogP contribution in [-0.2, 0) is 0 Å². The molecular weight excluding hydrogens is 266 g/mol. The van der Waals surface area contributed by atoms with E-state index in [9.17, 15) is 0 Å². The lowest BCUT2D eigenvalue weighted by Crippen LogP contribution is -2.04. The van der Waals surface area contributed by atoms with E-state index in [4.69, 9.17) is 0 Å². The molecule has 22 heavy (non-hydrogen) atoms. The van der Waals surface area contributed by atoms with Crippen LogP contribution in [0.5, 0.6) is 0 Å². The first kappa shape index (κ1) is 14.2. The van der Waals surface area contributed by atoms with Crippen LogP contribution < -0.4 is 5.32 Å². The molecule has 0 heterocycles. The van der Waals surface area contributed by atoms with E-state index in [0.717, 1.165) is 17.8 Å². The molecule has 0 aliphatic rings. The van der Waals surface area contributed by atoms with Gasteiger partial charge in [-0.3, -0.25) is 0 Å². The molecule has 1 heteroatoms. The van der Waals surface area contributed by atoms with E-state index < -0.39 is 0 Å². The van der Waals surface area contributed by atoms with Crippen molar-refractivity contribution in [2.45, 2.75) is 0 Å². The highest BCUT2D eigenvalue weighted by Crippen LogP contribution is 2.28. The molecule has 0 saturated carbocycles. The first-order chi connectivity index (χ1) is 10.8. The Kier molecular flexibility index (Phi) is 4.35. The fourth-order valence-corrected chi connectivity index (χ4v) is 2.48. The summed E-state index contributed by atoms with van der Waals surface area (Å²) >= 11 is 0. The Morgan fingerprint density at radius 3 is 2.05 bits per heavy atom. The Balaban J connectivity index is 1.78. The minimum Gasteiger partial charge on any atom is -0.380 e. The van der Waals surface area contributed by atoms with Crippen molar-refractivity contribution in [1.82, 2.24) is 0 Å². The zero-order valence-corrected chi connectivity index (χ0v) is 12.5. The van der Waals surface area contributed by atoms with Crippen LogP contribution in [-0.4, -0.2) is 6.54 Å². The second-order valence-electron chi connectivity index (χ2n) is 5.23. The van der Waals surface area contributed by atoms with Gasteiger partial charge in [0, 0.05) is 17.8 Å². The summed E-state index contributed by atoms with van der Waals surface area (Å²) in [5, 5.41) is 3.51. The van der Waals surface area contributed by atoms with Gasteiger partial charge in [0.25, 0.3) is 0 Å². The third-order valence-electron chi connectivity index (χ3n) is 3.69. The summed E-state index contributed by atoms with van der Waals surface area (Å²) in [5.41, 5.74) is 5.82. The minimum absolute atomic E-state index is 0.730. The predicted molar refractivity (Wildman–Crippen MR) is 95.8 cm³/mol. The lowest BCUT2D eigenvalue weighted by molar-refractivity contribution is 1.34. The third-order valence-corrected chi connectivity index (χ3v) is 3.69. The highest BCUT2D eigenvalue weighted by atomic mass is 14.9. The van der Waals surface area contributed by atoms with Crippen molar-refractivity contribution in [2.24, 2.45) is 0 Å². The Hall–Kier alpha value is -2.80. The van der Waals surface area contributed by atoms with E-state index in [1.807, 2.05) is 24.3 Å². The maximum Gasteiger partial charge on any atom is 0.0422 e. The summed E-state index contributed by atoms with van der Waals surface area (Å²) in [7, 11) is 0. The fourth-order valence-electron chi connectivity index (χ4n) is 2.48. The normalized spacial score (nSPS) is 10.2. The van der Waals surface area contributed by atoms with Crippen molar-refractivity contribution >= 4 is 11.3 Å². The maximum absolute atomic E-state index is 4.18. The van der Waals surface area contributed by atoms with Crippen LogP contribution in [0.15, 0.2) is 91.5 Å². The summed E-state index contributed by atoms with van der Waals surface area (Å²) in [4.78, 5) is 0. The molecule has 108 valence electrons. The molecule has 0 aliphatic carbocycles. The molecule has 0 spiro atoms. The van der Waals surface area contributed by atoms with Crippen LogP contribution in [0.1, 0.15) is 5.56 Å². The summed E-state index contributed by atoms with van der Waals surface area (Å²) < 4.78 is 0. The second kappa shape index (κ2) is 6.77. The predicted octanol–water partition coefficient (Wildman–Crippen LogP) is 5.48. The van der Waals surface area contributed by atoms with Gasteiger partial charge < -0.3 is 5.32 Å². The molecule has 3 aromatic rings. The van der Waals surface area contributed by atoms with Crippen molar-refractivity contribution in [3.63, 3.8) is 0 Å². The van der Waals surface area contributed by atoms with Gasteiger partial charge >= 0.3 is 0 Å². The van der Waals surface area contributed by atoms with E-state index in [1.54, 1.807) is 0 Å². The molecule has 0 aromatic heterocycles. The number of rotatable bonds is 5. The minimum atomic E-state index is 0.730. The summed E-state index contributed by atoms with van der Waals surface area (Å²) in [5.74, 6) is 0. The molecular formula is C21H19N. The molecule has 0 saturated heterocycles. The van der Waals surface area contributed by atoms with Gasteiger partial charge in [0.2, 0.25) is 0 Å². The van der Waals surface area contributed by atoms with E-state index in [1.165, 1.54) is 16.7 Å². The van der Waals surface area contributed by atoms with Crippen molar-refractivity contribution < 1.29 is 0 Å². The van der Waals surface area contributed by atoms with E-state index in [2.05, 4.69) is 72.6 Å². The molecule has 1 N–H and O–H groups in total. The average molecular weight is 285 g/mol. The van der Waals surface area contributed by atoms with Gasteiger partial charge in [-0.25, -0.2) is 0 Å². The van der Waals surface area contributed by atoms with Crippen LogP contribution >= 0.6 is 0 Å². The van der Waals surface area contributed by atoms with Gasteiger partial charge in [0.05, 0.1) is 0 Å². The molecule has 0 atom stereocenters. The number of hydrogen-bond acceptors (Lipinski definition) is 1. The van der Waals surface area contributed by atoms with Gasteiger partial charge in [-0.05, 0) is 22.8 Å². The van der Waals surface area contributed by atoms with Crippen LogP contribution in [0.25, 0.3) is 16.7 Å². The zero-order chi connectivity index (χ0) is 15.2. The Morgan fingerprint density at radius 1 is 0.727 bits per heavy atom. The maximum atomic E-state index is 4.18. The summed E-state index contributed by atoms with van der Waals surface area (Å²) in [6, 6.07) is 29.1.